The number of aliphatic hydroxyl groups is 1. The van der Waals surface area contributed by atoms with E-state index in [4.69, 9.17) is 9.47 Å². The van der Waals surface area contributed by atoms with Crippen LogP contribution in [0.2, 0.25) is 0 Å². The number of hydrogen-bond donors (Lipinski definition) is 3. The Hall–Kier alpha value is -2.57. The molecule has 0 heterocycles. The van der Waals surface area contributed by atoms with Gasteiger partial charge in [0.2, 0.25) is 0 Å². The number of hydrogen-bond acceptors (Lipinski definition) is 4. The highest BCUT2D eigenvalue weighted by molar-refractivity contribution is 5.79. The van der Waals surface area contributed by atoms with Crippen molar-refractivity contribution in [3.63, 3.8) is 0 Å². The maximum Gasteiger partial charge on any atom is 0.191 e. The SMILES string of the molecule is CCNC(=NCC(CO)c1ccccc1)NCCCOCc1ccc(OC)cc1. The molecule has 0 radical (unpaired) electrons. The first-order valence-electron chi connectivity index (χ1n) is 10.2. The lowest BCUT2D eigenvalue weighted by Crippen LogP contribution is -2.38. The fourth-order valence-electron chi connectivity index (χ4n) is 2.83. The molecule has 2 aromatic rings. The topological polar surface area (TPSA) is 75.1 Å². The number of benzene rings is 2. The van der Waals surface area contributed by atoms with Crippen LogP contribution in [0.5, 0.6) is 5.75 Å². The lowest BCUT2D eigenvalue weighted by atomic mass is 10.0. The molecule has 29 heavy (non-hydrogen) atoms. The van der Waals surface area contributed by atoms with Crippen LogP contribution in [0.25, 0.3) is 0 Å². The summed E-state index contributed by atoms with van der Waals surface area (Å²) in [5.41, 5.74) is 2.23. The van der Waals surface area contributed by atoms with Gasteiger partial charge in [-0.25, -0.2) is 0 Å². The molecule has 0 saturated heterocycles. The van der Waals surface area contributed by atoms with E-state index in [1.54, 1.807) is 7.11 Å². The van der Waals surface area contributed by atoms with Gasteiger partial charge in [-0.3, -0.25) is 4.99 Å². The van der Waals surface area contributed by atoms with Crippen LogP contribution in [0.4, 0.5) is 0 Å². The Bertz CT molecular complexity index is 705. The molecule has 0 aromatic heterocycles. The normalized spacial score (nSPS) is 12.4. The summed E-state index contributed by atoms with van der Waals surface area (Å²) < 4.78 is 10.9. The minimum Gasteiger partial charge on any atom is -0.497 e. The predicted molar refractivity (Wildman–Crippen MR) is 118 cm³/mol. The summed E-state index contributed by atoms with van der Waals surface area (Å²) in [4.78, 5) is 4.62. The molecular formula is C23H33N3O3. The van der Waals surface area contributed by atoms with Crippen LogP contribution < -0.4 is 15.4 Å². The fourth-order valence-corrected chi connectivity index (χ4v) is 2.83. The Labute approximate surface area is 174 Å². The molecule has 0 fully saturated rings. The van der Waals surface area contributed by atoms with Gasteiger partial charge in [-0.05, 0) is 36.6 Å². The van der Waals surface area contributed by atoms with E-state index in [9.17, 15) is 5.11 Å². The van der Waals surface area contributed by atoms with Gasteiger partial charge in [-0.1, -0.05) is 42.5 Å². The quantitative estimate of drug-likeness (QED) is 0.291. The molecule has 6 heteroatoms. The molecule has 0 aliphatic rings. The molecule has 0 amide bonds. The van der Waals surface area contributed by atoms with E-state index in [1.165, 1.54) is 0 Å². The number of nitrogens with one attached hydrogen (secondary N) is 2. The lowest BCUT2D eigenvalue weighted by Gasteiger charge is -2.15. The summed E-state index contributed by atoms with van der Waals surface area (Å²) >= 11 is 0. The molecule has 158 valence electrons. The summed E-state index contributed by atoms with van der Waals surface area (Å²) in [7, 11) is 1.66. The van der Waals surface area contributed by atoms with Crippen molar-refractivity contribution >= 4 is 5.96 Å². The smallest absolute Gasteiger partial charge is 0.191 e. The molecule has 2 aromatic carbocycles. The number of nitrogens with zero attached hydrogens (tertiary/aromatic N) is 1. The Kier molecular flexibility index (Phi) is 10.6. The van der Waals surface area contributed by atoms with Gasteiger partial charge in [0.05, 0.1) is 26.9 Å². The summed E-state index contributed by atoms with van der Waals surface area (Å²) in [5, 5.41) is 16.3. The molecule has 2 rings (SSSR count). The van der Waals surface area contributed by atoms with E-state index in [0.29, 0.717) is 19.8 Å². The molecule has 3 N–H and O–H groups in total. The number of ether oxygens (including phenoxy) is 2. The van der Waals surface area contributed by atoms with Crippen LogP contribution in [0.15, 0.2) is 59.6 Å². The monoisotopic (exact) mass is 399 g/mol. The highest BCUT2D eigenvalue weighted by atomic mass is 16.5. The second-order valence-electron chi connectivity index (χ2n) is 6.69. The molecular weight excluding hydrogens is 366 g/mol. The van der Waals surface area contributed by atoms with Crippen LogP contribution in [0, 0.1) is 0 Å². The van der Waals surface area contributed by atoms with Crippen LogP contribution in [-0.4, -0.2) is 51.0 Å². The summed E-state index contributed by atoms with van der Waals surface area (Å²) in [6.07, 6.45) is 0.878. The highest BCUT2D eigenvalue weighted by Crippen LogP contribution is 2.15. The van der Waals surface area contributed by atoms with E-state index < -0.39 is 0 Å². The van der Waals surface area contributed by atoms with Gasteiger partial charge < -0.3 is 25.2 Å². The van der Waals surface area contributed by atoms with Crippen molar-refractivity contribution < 1.29 is 14.6 Å². The summed E-state index contributed by atoms with van der Waals surface area (Å²) in [6, 6.07) is 17.9. The minimum atomic E-state index is -0.000476. The van der Waals surface area contributed by atoms with E-state index in [-0.39, 0.29) is 12.5 Å². The van der Waals surface area contributed by atoms with Gasteiger partial charge in [-0.15, -0.1) is 0 Å². The molecule has 0 spiro atoms. The predicted octanol–water partition coefficient (Wildman–Crippen LogP) is 2.93. The Morgan fingerprint density at radius 3 is 2.48 bits per heavy atom. The van der Waals surface area contributed by atoms with Gasteiger partial charge in [0, 0.05) is 25.6 Å². The molecule has 0 saturated carbocycles. The van der Waals surface area contributed by atoms with Crippen molar-refractivity contribution in [2.24, 2.45) is 4.99 Å². The maximum atomic E-state index is 9.69. The van der Waals surface area contributed by atoms with E-state index >= 15 is 0 Å². The third-order valence-electron chi connectivity index (χ3n) is 4.49. The van der Waals surface area contributed by atoms with Crippen LogP contribution in [-0.2, 0) is 11.3 Å². The summed E-state index contributed by atoms with van der Waals surface area (Å²) in [6.45, 7) is 5.46. The second kappa shape index (κ2) is 13.6. The fraction of sp³-hybridized carbons (Fsp3) is 0.435. The van der Waals surface area contributed by atoms with Crippen molar-refractivity contribution in [1.29, 1.82) is 0 Å². The molecule has 0 aliphatic heterocycles. The molecule has 6 nitrogen and oxygen atoms in total. The third-order valence-corrected chi connectivity index (χ3v) is 4.49. The average molecular weight is 400 g/mol. The van der Waals surface area contributed by atoms with Crippen molar-refractivity contribution in [2.45, 2.75) is 25.9 Å². The second-order valence-corrected chi connectivity index (χ2v) is 6.69. The maximum absolute atomic E-state index is 9.69. The largest absolute Gasteiger partial charge is 0.497 e. The first-order valence-corrected chi connectivity index (χ1v) is 10.2. The van der Waals surface area contributed by atoms with Crippen LogP contribution >= 0.6 is 0 Å². The molecule has 1 atom stereocenters. The number of aliphatic hydroxyl groups excluding tert-OH is 1. The Morgan fingerprint density at radius 1 is 1.07 bits per heavy atom. The molecule has 0 bridgehead atoms. The van der Waals surface area contributed by atoms with E-state index in [0.717, 1.165) is 42.3 Å². The standard InChI is InChI=1S/C23H33N3O3/c1-3-24-23(26-16-21(17-27)20-8-5-4-6-9-20)25-14-7-15-29-18-19-10-12-22(28-2)13-11-19/h4-6,8-13,21,27H,3,7,14-18H2,1-2H3,(H2,24,25,26). The van der Waals surface area contributed by atoms with Crippen molar-refractivity contribution in [1.82, 2.24) is 10.6 Å². The zero-order chi connectivity index (χ0) is 20.7. The first-order chi connectivity index (χ1) is 14.3. The zero-order valence-corrected chi connectivity index (χ0v) is 17.4. The van der Waals surface area contributed by atoms with Crippen molar-refractivity contribution in [2.75, 3.05) is 40.0 Å². The minimum absolute atomic E-state index is 0.000476. The zero-order valence-electron chi connectivity index (χ0n) is 17.4. The van der Waals surface area contributed by atoms with Crippen molar-refractivity contribution in [3.8, 4) is 5.75 Å². The van der Waals surface area contributed by atoms with Gasteiger partial charge in [0.15, 0.2) is 5.96 Å². The lowest BCUT2D eigenvalue weighted by molar-refractivity contribution is 0.119. The van der Waals surface area contributed by atoms with Gasteiger partial charge in [-0.2, -0.15) is 0 Å². The Morgan fingerprint density at radius 2 is 1.83 bits per heavy atom. The van der Waals surface area contributed by atoms with Crippen LogP contribution in [0.3, 0.4) is 0 Å². The Balaban J connectivity index is 1.70. The number of rotatable bonds is 12. The number of methoxy groups -OCH3 is 1. The molecule has 0 aliphatic carbocycles. The van der Waals surface area contributed by atoms with E-state index in [1.807, 2.05) is 61.5 Å². The summed E-state index contributed by atoms with van der Waals surface area (Å²) in [5.74, 6) is 1.61. The van der Waals surface area contributed by atoms with Crippen molar-refractivity contribution in [3.05, 3.63) is 65.7 Å². The number of aliphatic imine (C=N–C) groups is 1. The first kappa shape index (κ1) is 22.7. The van der Waals surface area contributed by atoms with Crippen LogP contribution in [0.1, 0.15) is 30.4 Å². The number of guanidine groups is 1. The van der Waals surface area contributed by atoms with Gasteiger partial charge in [0.1, 0.15) is 5.75 Å². The average Bonchev–Trinajstić information content (AvgIpc) is 2.77. The van der Waals surface area contributed by atoms with Gasteiger partial charge in [0.25, 0.3) is 0 Å². The highest BCUT2D eigenvalue weighted by Gasteiger charge is 2.09. The van der Waals surface area contributed by atoms with E-state index in [2.05, 4.69) is 15.6 Å². The third kappa shape index (κ3) is 8.54. The molecule has 1 unspecified atom stereocenters. The van der Waals surface area contributed by atoms with Gasteiger partial charge >= 0.3 is 0 Å².